The average molecular weight is 596 g/mol. The molecule has 0 atom stereocenters. The Morgan fingerprint density at radius 3 is 2.50 bits per heavy atom. The van der Waals surface area contributed by atoms with Crippen molar-refractivity contribution in [2.24, 2.45) is 11.3 Å². The highest BCUT2D eigenvalue weighted by atomic mass is 35.5. The summed E-state index contributed by atoms with van der Waals surface area (Å²) < 4.78 is 0. The van der Waals surface area contributed by atoms with Gasteiger partial charge < -0.3 is 25.5 Å². The minimum Gasteiger partial charge on any atom is -0.481 e. The van der Waals surface area contributed by atoms with Gasteiger partial charge in [0.25, 0.3) is 0 Å². The van der Waals surface area contributed by atoms with Crippen LogP contribution in [0, 0.1) is 11.3 Å². The molecule has 0 saturated carbocycles. The predicted molar refractivity (Wildman–Crippen MR) is 155 cm³/mol. The van der Waals surface area contributed by atoms with E-state index >= 15 is 0 Å². The topological polar surface area (TPSA) is 111 Å². The largest absolute Gasteiger partial charge is 0.481 e. The third kappa shape index (κ3) is 5.62. The SMILES string of the molecule is CNc1nc(-c2cc(Cl)cs2)c(N2CC3(CNC3)C2)s1.O=Cc1cnc(N2CCC(C(=O)O)CC2)c(Cl)c1. The van der Waals surface area contributed by atoms with Crippen LogP contribution in [0.25, 0.3) is 10.6 Å². The van der Waals surface area contributed by atoms with E-state index in [9.17, 15) is 9.59 Å². The van der Waals surface area contributed by atoms with Gasteiger partial charge in [-0.25, -0.2) is 9.97 Å². The zero-order valence-electron chi connectivity index (χ0n) is 20.7. The van der Waals surface area contributed by atoms with Gasteiger partial charge in [-0.05, 0) is 25.0 Å². The molecule has 0 aromatic carbocycles. The third-order valence-electron chi connectivity index (χ3n) is 7.09. The van der Waals surface area contributed by atoms with Crippen LogP contribution >= 0.6 is 45.9 Å². The van der Waals surface area contributed by atoms with Gasteiger partial charge in [-0.1, -0.05) is 34.5 Å². The number of anilines is 3. The smallest absolute Gasteiger partial charge is 0.306 e. The van der Waals surface area contributed by atoms with Crippen LogP contribution in [-0.2, 0) is 4.79 Å². The van der Waals surface area contributed by atoms with Crippen molar-refractivity contribution in [3.63, 3.8) is 0 Å². The average Bonchev–Trinajstić information content (AvgIpc) is 3.49. The minimum absolute atomic E-state index is 0.283. The number of thiazole rings is 1. The van der Waals surface area contributed by atoms with Crippen LogP contribution in [0.15, 0.2) is 23.7 Å². The van der Waals surface area contributed by atoms with Gasteiger partial charge in [-0.15, -0.1) is 11.3 Å². The van der Waals surface area contributed by atoms with Crippen LogP contribution in [0.2, 0.25) is 10.0 Å². The fourth-order valence-electron chi connectivity index (χ4n) is 4.92. The summed E-state index contributed by atoms with van der Waals surface area (Å²) in [5.74, 6) is -0.412. The highest BCUT2D eigenvalue weighted by Gasteiger charge is 2.48. The molecule has 3 aromatic heterocycles. The Morgan fingerprint density at radius 2 is 1.97 bits per heavy atom. The van der Waals surface area contributed by atoms with Crippen molar-refractivity contribution in [1.82, 2.24) is 15.3 Å². The van der Waals surface area contributed by atoms with Crippen LogP contribution < -0.4 is 20.4 Å². The summed E-state index contributed by atoms with van der Waals surface area (Å²) in [6.07, 6.45) is 3.34. The second-order valence-corrected chi connectivity index (χ2v) is 12.5. The molecular weight excluding hydrogens is 567 g/mol. The van der Waals surface area contributed by atoms with Gasteiger partial charge in [-0.3, -0.25) is 9.59 Å². The molecule has 0 radical (unpaired) electrons. The van der Waals surface area contributed by atoms with Gasteiger partial charge >= 0.3 is 5.97 Å². The number of carbonyl (C=O) groups excluding carboxylic acids is 1. The number of hydrogen-bond acceptors (Lipinski definition) is 10. The lowest BCUT2D eigenvalue weighted by Gasteiger charge is -2.56. The Kier molecular flexibility index (Phi) is 8.11. The number of aldehydes is 1. The molecule has 9 nitrogen and oxygen atoms in total. The van der Waals surface area contributed by atoms with Gasteiger partial charge in [0, 0.05) is 68.9 Å². The maximum atomic E-state index is 10.8. The molecule has 202 valence electrons. The van der Waals surface area contributed by atoms with E-state index in [0.717, 1.165) is 46.9 Å². The van der Waals surface area contributed by atoms with E-state index in [1.807, 2.05) is 23.4 Å². The molecule has 13 heteroatoms. The fourth-order valence-corrected chi connectivity index (χ4v) is 7.28. The Hall–Kier alpha value is -2.44. The standard InChI is InChI=1S/C13H15ClN4S2.C12H13ClN2O3/c1-15-12-17-10(9-2-8(14)3-19-9)11(20-12)18-6-13(7-18)4-16-5-13;13-10-5-8(7-16)6-14-11(10)15-3-1-9(2-4-15)12(17)18/h2-3,16H,4-7H2,1H3,(H,15,17);5-7,9H,1-4H2,(H,17,18). The Morgan fingerprint density at radius 1 is 1.24 bits per heavy atom. The number of nitrogens with one attached hydrogen (secondary N) is 2. The molecule has 3 aromatic rings. The molecule has 0 bridgehead atoms. The summed E-state index contributed by atoms with van der Waals surface area (Å²) in [5.41, 5.74) is 2.02. The second-order valence-electron chi connectivity index (χ2n) is 9.80. The first-order valence-electron chi connectivity index (χ1n) is 12.3. The number of carboxylic acid groups (broad SMARTS) is 1. The Bertz CT molecular complexity index is 1310. The van der Waals surface area contributed by atoms with Crippen molar-refractivity contribution in [1.29, 1.82) is 0 Å². The van der Waals surface area contributed by atoms with Crippen molar-refractivity contribution in [3.8, 4) is 10.6 Å². The number of pyridine rings is 1. The summed E-state index contributed by atoms with van der Waals surface area (Å²) in [4.78, 5) is 35.9. The zero-order chi connectivity index (χ0) is 26.9. The van der Waals surface area contributed by atoms with Gasteiger partial charge in [0.2, 0.25) is 0 Å². The molecule has 1 spiro atoms. The molecule has 3 aliphatic rings. The van der Waals surface area contributed by atoms with Crippen molar-refractivity contribution in [2.45, 2.75) is 12.8 Å². The molecule has 3 fully saturated rings. The van der Waals surface area contributed by atoms with Crippen molar-refractivity contribution >= 4 is 74.1 Å². The predicted octanol–water partition coefficient (Wildman–Crippen LogP) is 4.82. The lowest BCUT2D eigenvalue weighted by atomic mass is 9.74. The molecule has 0 aliphatic carbocycles. The van der Waals surface area contributed by atoms with Gasteiger partial charge in [0.15, 0.2) is 11.4 Å². The van der Waals surface area contributed by atoms with E-state index in [2.05, 4.69) is 20.5 Å². The Balaban J connectivity index is 0.000000156. The van der Waals surface area contributed by atoms with Crippen molar-refractivity contribution in [2.75, 3.05) is 61.4 Å². The molecule has 3 aliphatic heterocycles. The lowest BCUT2D eigenvalue weighted by Crippen LogP contribution is -2.71. The molecule has 6 heterocycles. The van der Waals surface area contributed by atoms with E-state index in [0.29, 0.717) is 54.0 Å². The molecule has 0 unspecified atom stereocenters. The van der Waals surface area contributed by atoms with Crippen LogP contribution in [0.4, 0.5) is 16.0 Å². The number of nitrogens with zero attached hydrogens (tertiary/aromatic N) is 4. The van der Waals surface area contributed by atoms with Crippen LogP contribution in [0.1, 0.15) is 23.2 Å². The molecule has 0 amide bonds. The number of thiophene rings is 1. The van der Waals surface area contributed by atoms with Crippen molar-refractivity contribution in [3.05, 3.63) is 39.3 Å². The maximum Gasteiger partial charge on any atom is 0.306 e. The van der Waals surface area contributed by atoms with Crippen LogP contribution in [0.3, 0.4) is 0 Å². The Labute approximate surface area is 238 Å². The van der Waals surface area contributed by atoms with Gasteiger partial charge in [0.1, 0.15) is 16.5 Å². The first kappa shape index (κ1) is 27.1. The van der Waals surface area contributed by atoms with E-state index in [1.54, 1.807) is 28.7 Å². The highest BCUT2D eigenvalue weighted by molar-refractivity contribution is 7.21. The summed E-state index contributed by atoms with van der Waals surface area (Å²) in [7, 11) is 1.92. The van der Waals surface area contributed by atoms with E-state index in [1.165, 1.54) is 11.2 Å². The number of rotatable bonds is 6. The number of carboxylic acids is 1. The second kappa shape index (κ2) is 11.4. The van der Waals surface area contributed by atoms with E-state index in [4.69, 9.17) is 33.3 Å². The first-order chi connectivity index (χ1) is 18.3. The van der Waals surface area contributed by atoms with Gasteiger partial charge in [-0.2, -0.15) is 0 Å². The molecule has 3 N–H and O–H groups in total. The number of piperidine rings is 1. The number of aliphatic carboxylic acids is 1. The molecule has 3 saturated heterocycles. The molecule has 38 heavy (non-hydrogen) atoms. The normalized spacial score (nSPS) is 18.3. The maximum absolute atomic E-state index is 10.8. The minimum atomic E-state index is -0.745. The summed E-state index contributed by atoms with van der Waals surface area (Å²) >= 11 is 15.5. The number of aromatic nitrogens is 2. The summed E-state index contributed by atoms with van der Waals surface area (Å²) in [5, 5.41) is 20.9. The van der Waals surface area contributed by atoms with Crippen molar-refractivity contribution < 1.29 is 14.7 Å². The number of hydrogen-bond donors (Lipinski definition) is 3. The number of halogens is 2. The fraction of sp³-hybridized carbons (Fsp3) is 0.440. The first-order valence-corrected chi connectivity index (χ1v) is 14.7. The quantitative estimate of drug-likeness (QED) is 0.346. The molecule has 6 rings (SSSR count). The lowest BCUT2D eigenvalue weighted by molar-refractivity contribution is -0.142. The third-order valence-corrected chi connectivity index (χ3v) is 9.78. The highest BCUT2D eigenvalue weighted by Crippen LogP contribution is 2.47. The number of carbonyl (C=O) groups is 2. The summed E-state index contributed by atoms with van der Waals surface area (Å²) in [6.45, 7) is 5.81. The molecular formula is C25H28Cl2N6O3S2. The van der Waals surface area contributed by atoms with Crippen LogP contribution in [0.5, 0.6) is 0 Å². The zero-order valence-corrected chi connectivity index (χ0v) is 23.9. The van der Waals surface area contributed by atoms with Gasteiger partial charge in [0.05, 0.1) is 20.8 Å². The summed E-state index contributed by atoms with van der Waals surface area (Å²) in [6, 6.07) is 3.57. The van der Waals surface area contributed by atoms with E-state index in [-0.39, 0.29) is 5.92 Å². The van der Waals surface area contributed by atoms with E-state index < -0.39 is 5.97 Å². The monoisotopic (exact) mass is 594 g/mol. The van der Waals surface area contributed by atoms with Crippen LogP contribution in [-0.4, -0.2) is 73.6 Å².